The largest absolute Gasteiger partial charge is 0.368 e. The van der Waals surface area contributed by atoms with Gasteiger partial charge in [-0.15, -0.1) is 0 Å². The SMILES string of the molecule is CC(C)Nc1ccnc(-c2ccc(S(C)(=O)=O)cc2)n1. The molecular weight excluding hydrogens is 274 g/mol. The molecule has 0 saturated carbocycles. The van der Waals surface area contributed by atoms with E-state index in [1.54, 1.807) is 36.5 Å². The molecule has 2 rings (SSSR count). The summed E-state index contributed by atoms with van der Waals surface area (Å²) in [5, 5.41) is 3.20. The smallest absolute Gasteiger partial charge is 0.175 e. The summed E-state index contributed by atoms with van der Waals surface area (Å²) < 4.78 is 22.8. The van der Waals surface area contributed by atoms with Crippen LogP contribution in [0.5, 0.6) is 0 Å². The monoisotopic (exact) mass is 291 g/mol. The summed E-state index contributed by atoms with van der Waals surface area (Å²) >= 11 is 0. The number of nitrogens with zero attached hydrogens (tertiary/aromatic N) is 2. The zero-order valence-electron chi connectivity index (χ0n) is 11.7. The molecule has 6 heteroatoms. The van der Waals surface area contributed by atoms with Crippen molar-refractivity contribution in [2.24, 2.45) is 0 Å². The number of sulfone groups is 1. The van der Waals surface area contributed by atoms with Gasteiger partial charge in [0.25, 0.3) is 0 Å². The fourth-order valence-corrected chi connectivity index (χ4v) is 2.36. The summed E-state index contributed by atoms with van der Waals surface area (Å²) in [7, 11) is -3.18. The minimum Gasteiger partial charge on any atom is -0.368 e. The lowest BCUT2D eigenvalue weighted by molar-refractivity contribution is 0.602. The molecule has 0 radical (unpaired) electrons. The molecule has 0 aliphatic heterocycles. The molecule has 2 aromatic rings. The maximum atomic E-state index is 11.4. The Balaban J connectivity index is 2.32. The summed E-state index contributed by atoms with van der Waals surface area (Å²) in [5.41, 5.74) is 0.782. The highest BCUT2D eigenvalue weighted by Gasteiger charge is 2.08. The molecule has 1 aromatic heterocycles. The Hall–Kier alpha value is -1.95. The van der Waals surface area contributed by atoms with E-state index in [-0.39, 0.29) is 10.9 Å². The van der Waals surface area contributed by atoms with E-state index in [4.69, 9.17) is 0 Å². The number of rotatable bonds is 4. The van der Waals surface area contributed by atoms with Crippen LogP contribution in [0.15, 0.2) is 41.4 Å². The first-order chi connectivity index (χ1) is 9.36. The van der Waals surface area contributed by atoms with Crippen LogP contribution in [-0.4, -0.2) is 30.7 Å². The molecule has 1 heterocycles. The van der Waals surface area contributed by atoms with Gasteiger partial charge in [0.2, 0.25) is 0 Å². The number of nitrogens with one attached hydrogen (secondary N) is 1. The van der Waals surface area contributed by atoms with Crippen LogP contribution in [0.3, 0.4) is 0 Å². The molecule has 0 spiro atoms. The van der Waals surface area contributed by atoms with E-state index in [2.05, 4.69) is 15.3 Å². The molecule has 0 aliphatic rings. The van der Waals surface area contributed by atoms with E-state index in [0.29, 0.717) is 5.82 Å². The second-order valence-corrected chi connectivity index (χ2v) is 6.88. The second kappa shape index (κ2) is 5.58. The maximum Gasteiger partial charge on any atom is 0.175 e. The molecule has 0 amide bonds. The van der Waals surface area contributed by atoms with E-state index >= 15 is 0 Å². The minimum absolute atomic E-state index is 0.283. The molecule has 1 N–H and O–H groups in total. The van der Waals surface area contributed by atoms with E-state index in [1.165, 1.54) is 6.26 Å². The van der Waals surface area contributed by atoms with Crippen LogP contribution in [0.2, 0.25) is 0 Å². The highest BCUT2D eigenvalue weighted by Crippen LogP contribution is 2.19. The zero-order chi connectivity index (χ0) is 14.8. The maximum absolute atomic E-state index is 11.4. The van der Waals surface area contributed by atoms with Gasteiger partial charge in [-0.25, -0.2) is 18.4 Å². The first-order valence-corrected chi connectivity index (χ1v) is 8.15. The Labute approximate surface area is 119 Å². The van der Waals surface area contributed by atoms with Gasteiger partial charge in [-0.05, 0) is 44.2 Å². The normalized spacial score (nSPS) is 11.6. The average Bonchev–Trinajstić information content (AvgIpc) is 2.37. The molecule has 0 saturated heterocycles. The molecule has 5 nitrogen and oxygen atoms in total. The fraction of sp³-hybridized carbons (Fsp3) is 0.286. The molecule has 20 heavy (non-hydrogen) atoms. The summed E-state index contributed by atoms with van der Waals surface area (Å²) in [6.07, 6.45) is 2.86. The van der Waals surface area contributed by atoms with Crippen molar-refractivity contribution in [3.63, 3.8) is 0 Å². The van der Waals surface area contributed by atoms with Crippen LogP contribution in [0, 0.1) is 0 Å². The molecule has 0 bridgehead atoms. The lowest BCUT2D eigenvalue weighted by Crippen LogP contribution is -2.11. The predicted molar refractivity (Wildman–Crippen MR) is 79.3 cm³/mol. The third kappa shape index (κ3) is 3.54. The fourth-order valence-electron chi connectivity index (χ4n) is 1.73. The van der Waals surface area contributed by atoms with Crippen molar-refractivity contribution >= 4 is 15.7 Å². The Morgan fingerprint density at radius 1 is 1.10 bits per heavy atom. The van der Waals surface area contributed by atoms with E-state index in [0.717, 1.165) is 11.4 Å². The Bertz CT molecular complexity index is 695. The van der Waals surface area contributed by atoms with Gasteiger partial charge in [0, 0.05) is 24.1 Å². The summed E-state index contributed by atoms with van der Waals surface area (Å²) in [5.74, 6) is 1.31. The summed E-state index contributed by atoms with van der Waals surface area (Å²) in [6, 6.07) is 8.64. The molecule has 1 aromatic carbocycles. The number of benzene rings is 1. The molecule has 0 aliphatic carbocycles. The van der Waals surface area contributed by atoms with Gasteiger partial charge in [-0.2, -0.15) is 0 Å². The van der Waals surface area contributed by atoms with Gasteiger partial charge < -0.3 is 5.32 Å². The van der Waals surface area contributed by atoms with Gasteiger partial charge in [-0.1, -0.05) is 0 Å². The van der Waals surface area contributed by atoms with Crippen molar-refractivity contribution in [1.82, 2.24) is 9.97 Å². The van der Waals surface area contributed by atoms with Crippen LogP contribution < -0.4 is 5.32 Å². The summed E-state index contributed by atoms with van der Waals surface area (Å²) in [4.78, 5) is 8.90. The Morgan fingerprint density at radius 2 is 1.75 bits per heavy atom. The van der Waals surface area contributed by atoms with E-state index in [9.17, 15) is 8.42 Å². The lowest BCUT2D eigenvalue weighted by atomic mass is 10.2. The number of aromatic nitrogens is 2. The topological polar surface area (TPSA) is 72.0 Å². The number of hydrogen-bond donors (Lipinski definition) is 1. The summed E-state index contributed by atoms with van der Waals surface area (Å²) in [6.45, 7) is 4.06. The van der Waals surface area contributed by atoms with Crippen LogP contribution >= 0.6 is 0 Å². The van der Waals surface area contributed by atoms with Crippen molar-refractivity contribution in [2.75, 3.05) is 11.6 Å². The van der Waals surface area contributed by atoms with E-state index in [1.807, 2.05) is 13.8 Å². The molecule has 106 valence electrons. The molecule has 0 unspecified atom stereocenters. The third-order valence-electron chi connectivity index (χ3n) is 2.63. The lowest BCUT2D eigenvalue weighted by Gasteiger charge is -2.09. The first kappa shape index (κ1) is 14.5. The first-order valence-electron chi connectivity index (χ1n) is 6.26. The third-order valence-corrected chi connectivity index (χ3v) is 3.76. The zero-order valence-corrected chi connectivity index (χ0v) is 12.5. The standard InChI is InChI=1S/C14H17N3O2S/c1-10(2)16-13-8-9-15-14(17-13)11-4-6-12(7-5-11)20(3,18)19/h4-10H,1-3H3,(H,15,16,17). The van der Waals surface area contributed by atoms with Crippen LogP contribution in [0.25, 0.3) is 11.4 Å². The van der Waals surface area contributed by atoms with Gasteiger partial charge >= 0.3 is 0 Å². The number of anilines is 1. The van der Waals surface area contributed by atoms with Crippen molar-refractivity contribution in [3.8, 4) is 11.4 Å². The highest BCUT2D eigenvalue weighted by molar-refractivity contribution is 7.90. The quantitative estimate of drug-likeness (QED) is 0.936. The van der Waals surface area contributed by atoms with Gasteiger partial charge in [0.15, 0.2) is 15.7 Å². The molecule has 0 atom stereocenters. The van der Waals surface area contributed by atoms with Crippen LogP contribution in [0.1, 0.15) is 13.8 Å². The van der Waals surface area contributed by atoms with Crippen molar-refractivity contribution in [1.29, 1.82) is 0 Å². The van der Waals surface area contributed by atoms with Gasteiger partial charge in [0.1, 0.15) is 5.82 Å². The number of hydrogen-bond acceptors (Lipinski definition) is 5. The predicted octanol–water partition coefficient (Wildman–Crippen LogP) is 2.37. The minimum atomic E-state index is -3.18. The Morgan fingerprint density at radius 3 is 2.30 bits per heavy atom. The van der Waals surface area contributed by atoms with Crippen molar-refractivity contribution in [3.05, 3.63) is 36.5 Å². The second-order valence-electron chi connectivity index (χ2n) is 4.86. The van der Waals surface area contributed by atoms with Crippen molar-refractivity contribution in [2.45, 2.75) is 24.8 Å². The van der Waals surface area contributed by atoms with Crippen molar-refractivity contribution < 1.29 is 8.42 Å². The van der Waals surface area contributed by atoms with Crippen LogP contribution in [0.4, 0.5) is 5.82 Å². The highest BCUT2D eigenvalue weighted by atomic mass is 32.2. The molecule has 0 fully saturated rings. The van der Waals surface area contributed by atoms with Gasteiger partial charge in [0.05, 0.1) is 4.90 Å². The van der Waals surface area contributed by atoms with Gasteiger partial charge in [-0.3, -0.25) is 0 Å². The Kier molecular flexibility index (Phi) is 4.04. The average molecular weight is 291 g/mol. The van der Waals surface area contributed by atoms with Crippen LogP contribution in [-0.2, 0) is 9.84 Å². The molecular formula is C14H17N3O2S. The van der Waals surface area contributed by atoms with E-state index < -0.39 is 9.84 Å².